The molecule has 0 aromatic heterocycles. The van der Waals surface area contributed by atoms with Crippen molar-refractivity contribution in [2.45, 2.75) is 13.0 Å². The zero-order chi connectivity index (χ0) is 15.6. The van der Waals surface area contributed by atoms with E-state index in [-0.39, 0.29) is 6.04 Å². The van der Waals surface area contributed by atoms with Gasteiger partial charge in [-0.3, -0.25) is 0 Å². The van der Waals surface area contributed by atoms with Gasteiger partial charge < -0.3 is 15.2 Å². The van der Waals surface area contributed by atoms with Crippen LogP contribution in [0.4, 0.5) is 0 Å². The second-order valence-electron chi connectivity index (χ2n) is 4.69. The highest BCUT2D eigenvalue weighted by Gasteiger charge is 2.19. The molecule has 5 heteroatoms. The van der Waals surface area contributed by atoms with Gasteiger partial charge in [0.05, 0.1) is 20.3 Å². The van der Waals surface area contributed by atoms with Gasteiger partial charge in [0, 0.05) is 10.6 Å². The zero-order valence-electron chi connectivity index (χ0n) is 12.1. The molecule has 0 bridgehead atoms. The summed E-state index contributed by atoms with van der Waals surface area (Å²) in [7, 11) is 3.23. The number of hydrogen-bond acceptors (Lipinski definition) is 3. The molecule has 0 radical (unpaired) electrons. The largest absolute Gasteiger partial charge is 0.495 e. The van der Waals surface area contributed by atoms with Crippen LogP contribution in [0.1, 0.15) is 22.7 Å². The van der Waals surface area contributed by atoms with E-state index in [1.165, 1.54) is 0 Å². The Hall–Kier alpha value is -1.23. The lowest BCUT2D eigenvalue weighted by molar-refractivity contribution is 0.385. The Morgan fingerprint density at radius 2 is 1.86 bits per heavy atom. The van der Waals surface area contributed by atoms with E-state index in [1.807, 2.05) is 37.3 Å². The van der Waals surface area contributed by atoms with Crippen molar-refractivity contribution in [3.05, 3.63) is 56.5 Å². The molecule has 1 atom stereocenters. The highest BCUT2D eigenvalue weighted by atomic mass is 79.9. The molecule has 112 valence electrons. The molecule has 0 saturated heterocycles. The third kappa shape index (κ3) is 3.18. The molecule has 0 saturated carbocycles. The third-order valence-electron chi connectivity index (χ3n) is 3.39. The highest BCUT2D eigenvalue weighted by Crippen LogP contribution is 2.40. The molecule has 0 fully saturated rings. The summed E-state index contributed by atoms with van der Waals surface area (Å²) in [6.07, 6.45) is 0. The van der Waals surface area contributed by atoms with Gasteiger partial charge >= 0.3 is 0 Å². The Kier molecular flexibility index (Phi) is 5.14. The third-order valence-corrected chi connectivity index (χ3v) is 4.57. The van der Waals surface area contributed by atoms with Crippen LogP contribution in [0.25, 0.3) is 0 Å². The summed E-state index contributed by atoms with van der Waals surface area (Å²) in [5.41, 5.74) is 9.24. The molecule has 0 amide bonds. The van der Waals surface area contributed by atoms with E-state index in [4.69, 9.17) is 26.8 Å². The van der Waals surface area contributed by atoms with E-state index < -0.39 is 0 Å². The summed E-state index contributed by atoms with van der Waals surface area (Å²) in [6, 6.07) is 9.25. The Bertz CT molecular complexity index is 661. The minimum atomic E-state index is -0.307. The van der Waals surface area contributed by atoms with Crippen molar-refractivity contribution < 1.29 is 9.47 Å². The van der Waals surface area contributed by atoms with Crippen molar-refractivity contribution in [3.8, 4) is 11.5 Å². The Balaban J connectivity index is 2.50. The summed E-state index contributed by atoms with van der Waals surface area (Å²) in [5.74, 6) is 1.38. The second kappa shape index (κ2) is 6.69. The summed E-state index contributed by atoms with van der Waals surface area (Å²) in [4.78, 5) is 0. The average Bonchev–Trinajstić information content (AvgIpc) is 2.49. The number of benzene rings is 2. The standard InChI is InChI=1S/C16H17BrClNO2/c1-9-8-10(4-6-12(9)18)15(19)11-5-7-13(20-2)14(17)16(11)21-3/h4-8,15H,19H2,1-3H3. The number of ether oxygens (including phenoxy) is 2. The first-order valence-electron chi connectivity index (χ1n) is 6.41. The smallest absolute Gasteiger partial charge is 0.141 e. The Labute approximate surface area is 138 Å². The van der Waals surface area contributed by atoms with Gasteiger partial charge in [0.2, 0.25) is 0 Å². The van der Waals surface area contributed by atoms with Crippen LogP contribution in [-0.4, -0.2) is 14.2 Å². The number of halogens is 2. The van der Waals surface area contributed by atoms with Crippen LogP contribution in [0.3, 0.4) is 0 Å². The summed E-state index contributed by atoms with van der Waals surface area (Å²) in [5, 5.41) is 0.730. The zero-order valence-corrected chi connectivity index (χ0v) is 14.5. The maximum absolute atomic E-state index is 6.39. The van der Waals surface area contributed by atoms with Gasteiger partial charge in [-0.15, -0.1) is 0 Å². The van der Waals surface area contributed by atoms with Crippen molar-refractivity contribution in [2.24, 2.45) is 5.73 Å². The maximum atomic E-state index is 6.39. The monoisotopic (exact) mass is 369 g/mol. The average molecular weight is 371 g/mol. The lowest BCUT2D eigenvalue weighted by Gasteiger charge is -2.19. The van der Waals surface area contributed by atoms with Crippen molar-refractivity contribution in [1.82, 2.24) is 0 Å². The van der Waals surface area contributed by atoms with Crippen LogP contribution in [-0.2, 0) is 0 Å². The van der Waals surface area contributed by atoms with Gasteiger partial charge in [0.15, 0.2) is 0 Å². The minimum absolute atomic E-state index is 0.307. The molecule has 1 unspecified atom stereocenters. The van der Waals surface area contributed by atoms with E-state index in [0.29, 0.717) is 11.5 Å². The fourth-order valence-corrected chi connectivity index (χ4v) is 3.01. The number of rotatable bonds is 4. The molecule has 2 aromatic carbocycles. The molecular weight excluding hydrogens is 354 g/mol. The van der Waals surface area contributed by atoms with E-state index >= 15 is 0 Å². The van der Waals surface area contributed by atoms with Crippen LogP contribution in [0, 0.1) is 6.92 Å². The maximum Gasteiger partial charge on any atom is 0.141 e. The molecule has 3 nitrogen and oxygen atoms in total. The number of methoxy groups -OCH3 is 2. The summed E-state index contributed by atoms with van der Waals surface area (Å²) >= 11 is 9.56. The van der Waals surface area contributed by atoms with E-state index in [0.717, 1.165) is 26.2 Å². The molecule has 0 heterocycles. The summed E-state index contributed by atoms with van der Waals surface area (Å²) < 4.78 is 11.5. The van der Waals surface area contributed by atoms with Crippen LogP contribution >= 0.6 is 27.5 Å². The quantitative estimate of drug-likeness (QED) is 0.863. The fraction of sp³-hybridized carbons (Fsp3) is 0.250. The predicted molar refractivity (Wildman–Crippen MR) is 89.5 cm³/mol. The van der Waals surface area contributed by atoms with Crippen molar-refractivity contribution in [1.29, 1.82) is 0 Å². The lowest BCUT2D eigenvalue weighted by Crippen LogP contribution is -2.13. The molecule has 0 spiro atoms. The van der Waals surface area contributed by atoms with Crippen molar-refractivity contribution in [3.63, 3.8) is 0 Å². The molecule has 2 aromatic rings. The fourth-order valence-electron chi connectivity index (χ4n) is 2.20. The second-order valence-corrected chi connectivity index (χ2v) is 5.89. The van der Waals surface area contributed by atoms with Crippen LogP contribution in [0.2, 0.25) is 5.02 Å². The summed E-state index contributed by atoms with van der Waals surface area (Å²) in [6.45, 7) is 1.96. The molecule has 0 aliphatic carbocycles. The minimum Gasteiger partial charge on any atom is -0.495 e. The topological polar surface area (TPSA) is 44.5 Å². The van der Waals surface area contributed by atoms with E-state index in [1.54, 1.807) is 14.2 Å². The van der Waals surface area contributed by atoms with Crippen molar-refractivity contribution >= 4 is 27.5 Å². The first kappa shape index (κ1) is 16.1. The van der Waals surface area contributed by atoms with Crippen LogP contribution in [0.5, 0.6) is 11.5 Å². The van der Waals surface area contributed by atoms with Crippen molar-refractivity contribution in [2.75, 3.05) is 14.2 Å². The lowest BCUT2D eigenvalue weighted by atomic mass is 9.97. The molecule has 0 aliphatic heterocycles. The molecule has 21 heavy (non-hydrogen) atoms. The van der Waals surface area contributed by atoms with Crippen LogP contribution in [0.15, 0.2) is 34.8 Å². The number of aryl methyl sites for hydroxylation is 1. The number of nitrogens with two attached hydrogens (primary N) is 1. The SMILES string of the molecule is COc1ccc(C(N)c2ccc(Cl)c(C)c2)c(OC)c1Br. The first-order valence-corrected chi connectivity index (χ1v) is 7.58. The van der Waals surface area contributed by atoms with Gasteiger partial charge in [-0.1, -0.05) is 23.7 Å². The van der Waals surface area contributed by atoms with Gasteiger partial charge in [-0.2, -0.15) is 0 Å². The Morgan fingerprint density at radius 3 is 2.43 bits per heavy atom. The predicted octanol–water partition coefficient (Wildman–Crippen LogP) is 4.48. The molecule has 2 N–H and O–H groups in total. The van der Waals surface area contributed by atoms with E-state index in [9.17, 15) is 0 Å². The van der Waals surface area contributed by atoms with Gasteiger partial charge in [0.25, 0.3) is 0 Å². The Morgan fingerprint density at radius 1 is 1.14 bits per heavy atom. The normalized spacial score (nSPS) is 12.1. The number of hydrogen-bond donors (Lipinski definition) is 1. The first-order chi connectivity index (χ1) is 9.99. The molecular formula is C16H17BrClNO2. The van der Waals surface area contributed by atoms with E-state index in [2.05, 4.69) is 15.9 Å². The van der Waals surface area contributed by atoms with Gasteiger partial charge in [-0.25, -0.2) is 0 Å². The highest BCUT2D eigenvalue weighted by molar-refractivity contribution is 9.10. The van der Waals surface area contributed by atoms with Crippen LogP contribution < -0.4 is 15.2 Å². The molecule has 0 aliphatic rings. The van der Waals surface area contributed by atoms with Gasteiger partial charge in [0.1, 0.15) is 16.0 Å². The van der Waals surface area contributed by atoms with Gasteiger partial charge in [-0.05, 0) is 52.2 Å². The molecule has 2 rings (SSSR count).